The van der Waals surface area contributed by atoms with Crippen LogP contribution < -0.4 is 20.3 Å². The van der Waals surface area contributed by atoms with Crippen molar-refractivity contribution in [2.24, 2.45) is 0 Å². The van der Waals surface area contributed by atoms with E-state index in [1.165, 1.54) is 0 Å². The number of hydrogen-bond donors (Lipinski definition) is 2. The molecule has 186 valence electrons. The van der Waals surface area contributed by atoms with E-state index in [1.54, 1.807) is 19.1 Å². The van der Waals surface area contributed by atoms with Gasteiger partial charge in [0, 0.05) is 43.4 Å². The molecule has 0 bridgehead atoms. The van der Waals surface area contributed by atoms with Gasteiger partial charge in [-0.05, 0) is 43.7 Å². The van der Waals surface area contributed by atoms with E-state index in [4.69, 9.17) is 21.1 Å². The number of para-hydroxylation sites is 2. The molecule has 1 unspecified atom stereocenters. The fraction of sp³-hybridized carbons (Fsp3) is 0.385. The predicted octanol–water partition coefficient (Wildman–Crippen LogP) is 3.73. The van der Waals surface area contributed by atoms with Crippen LogP contribution in [0.3, 0.4) is 0 Å². The van der Waals surface area contributed by atoms with Gasteiger partial charge in [0.2, 0.25) is 0 Å². The van der Waals surface area contributed by atoms with Crippen molar-refractivity contribution in [3.8, 4) is 5.75 Å². The van der Waals surface area contributed by atoms with Gasteiger partial charge in [-0.2, -0.15) is 0 Å². The Morgan fingerprint density at radius 1 is 1.03 bits per heavy atom. The third kappa shape index (κ3) is 5.89. The Hall–Kier alpha value is -3.23. The molecule has 2 aromatic rings. The topological polar surface area (TPSA) is 83.1 Å². The Labute approximate surface area is 210 Å². The maximum Gasteiger partial charge on any atom is 0.338 e. The monoisotopic (exact) mass is 498 g/mol. The lowest BCUT2D eigenvalue weighted by Crippen LogP contribution is -2.51. The molecule has 0 aliphatic carbocycles. The number of nitrogens with one attached hydrogen (secondary N) is 2. The molecular formula is C26H31ClN4O4. The van der Waals surface area contributed by atoms with Gasteiger partial charge in [0.25, 0.3) is 0 Å². The molecule has 8 nitrogen and oxygen atoms in total. The van der Waals surface area contributed by atoms with Gasteiger partial charge in [-0.15, -0.1) is 0 Å². The van der Waals surface area contributed by atoms with E-state index >= 15 is 0 Å². The molecule has 2 heterocycles. The zero-order chi connectivity index (χ0) is 24.8. The molecule has 4 rings (SSSR count). The number of rotatable bonds is 8. The first kappa shape index (κ1) is 24.9. The number of amides is 2. The van der Waals surface area contributed by atoms with Crippen molar-refractivity contribution in [3.05, 3.63) is 70.4 Å². The summed E-state index contributed by atoms with van der Waals surface area (Å²) in [6.07, 6.45) is 0. The smallest absolute Gasteiger partial charge is 0.338 e. The molecule has 2 aliphatic rings. The van der Waals surface area contributed by atoms with Crippen molar-refractivity contribution < 1.29 is 19.1 Å². The number of esters is 1. The maximum absolute atomic E-state index is 13.0. The van der Waals surface area contributed by atoms with Crippen molar-refractivity contribution in [2.75, 3.05) is 50.8 Å². The van der Waals surface area contributed by atoms with Gasteiger partial charge < -0.3 is 25.0 Å². The Morgan fingerprint density at radius 3 is 2.43 bits per heavy atom. The highest BCUT2D eigenvalue weighted by atomic mass is 35.5. The average Bonchev–Trinajstić information content (AvgIpc) is 2.85. The summed E-state index contributed by atoms with van der Waals surface area (Å²) in [7, 11) is 0. The molecular weight excluding hydrogens is 468 g/mol. The number of urea groups is 1. The van der Waals surface area contributed by atoms with Gasteiger partial charge in [-0.1, -0.05) is 35.9 Å². The van der Waals surface area contributed by atoms with Crippen LogP contribution in [0.5, 0.6) is 5.75 Å². The minimum atomic E-state index is -0.616. The number of benzene rings is 2. The van der Waals surface area contributed by atoms with Gasteiger partial charge in [0.05, 0.1) is 30.5 Å². The molecule has 2 aliphatic heterocycles. The summed E-state index contributed by atoms with van der Waals surface area (Å²) in [5.41, 5.74) is 2.83. The van der Waals surface area contributed by atoms with Crippen molar-refractivity contribution in [1.29, 1.82) is 0 Å². The van der Waals surface area contributed by atoms with Gasteiger partial charge in [-0.3, -0.25) is 4.90 Å². The summed E-state index contributed by atoms with van der Waals surface area (Å²) >= 11 is 6.05. The minimum Gasteiger partial charge on any atom is -0.492 e. The van der Waals surface area contributed by atoms with Crippen LogP contribution >= 0.6 is 11.6 Å². The highest BCUT2D eigenvalue weighted by Gasteiger charge is 2.34. The lowest BCUT2D eigenvalue weighted by molar-refractivity contribution is -0.139. The Kier molecular flexibility index (Phi) is 8.15. The molecule has 2 amide bonds. The number of ether oxygens (including phenoxy) is 2. The quantitative estimate of drug-likeness (QED) is 0.540. The SMILES string of the molecule is CCOC(=O)C1=C(CN2CCN(c3ccccc3OCC)CC2)NC(=O)NC1c1ccc(Cl)cc1. The molecule has 1 atom stereocenters. The zero-order valence-corrected chi connectivity index (χ0v) is 20.8. The number of piperazine rings is 1. The van der Waals surface area contributed by atoms with Crippen molar-refractivity contribution in [1.82, 2.24) is 15.5 Å². The van der Waals surface area contributed by atoms with Crippen LogP contribution in [-0.4, -0.2) is 62.8 Å². The van der Waals surface area contributed by atoms with Crippen LogP contribution in [0.2, 0.25) is 5.02 Å². The summed E-state index contributed by atoms with van der Waals surface area (Å²) in [5.74, 6) is 0.436. The number of nitrogens with zero attached hydrogens (tertiary/aromatic N) is 2. The van der Waals surface area contributed by atoms with Crippen LogP contribution in [-0.2, 0) is 9.53 Å². The first-order chi connectivity index (χ1) is 17.0. The highest BCUT2D eigenvalue weighted by molar-refractivity contribution is 6.30. The van der Waals surface area contributed by atoms with Gasteiger partial charge in [0.15, 0.2) is 0 Å². The standard InChI is InChI=1S/C26H31ClN4O4/c1-3-34-22-8-6-5-7-21(22)31-15-13-30(14-16-31)17-20-23(25(32)35-4-2)24(29-26(33)28-20)18-9-11-19(27)12-10-18/h5-12,24H,3-4,13-17H2,1-2H3,(H2,28,29,33). The van der Waals surface area contributed by atoms with Crippen LogP contribution in [0, 0.1) is 0 Å². The number of carbonyl (C=O) groups is 2. The lowest BCUT2D eigenvalue weighted by Gasteiger charge is -2.38. The molecule has 2 N–H and O–H groups in total. The number of anilines is 1. The molecule has 0 aromatic heterocycles. The van der Waals surface area contributed by atoms with Crippen LogP contribution in [0.15, 0.2) is 59.8 Å². The van der Waals surface area contributed by atoms with Crippen LogP contribution in [0.25, 0.3) is 0 Å². The first-order valence-electron chi connectivity index (χ1n) is 11.9. The van der Waals surface area contributed by atoms with Gasteiger partial charge in [0.1, 0.15) is 5.75 Å². The normalized spacial score (nSPS) is 18.7. The second-order valence-electron chi connectivity index (χ2n) is 8.36. The minimum absolute atomic E-state index is 0.245. The Balaban J connectivity index is 1.54. The largest absolute Gasteiger partial charge is 0.492 e. The highest BCUT2D eigenvalue weighted by Crippen LogP contribution is 2.31. The van der Waals surface area contributed by atoms with E-state index in [2.05, 4.69) is 26.5 Å². The second kappa shape index (κ2) is 11.5. The number of carbonyl (C=O) groups excluding carboxylic acids is 2. The second-order valence-corrected chi connectivity index (χ2v) is 8.80. The van der Waals surface area contributed by atoms with E-state index in [-0.39, 0.29) is 12.6 Å². The summed E-state index contributed by atoms with van der Waals surface area (Å²) in [6.45, 7) is 8.20. The van der Waals surface area contributed by atoms with Crippen molar-refractivity contribution in [3.63, 3.8) is 0 Å². The molecule has 0 spiro atoms. The Bertz CT molecular complexity index is 1080. The number of halogens is 1. The predicted molar refractivity (Wildman–Crippen MR) is 136 cm³/mol. The third-order valence-corrected chi connectivity index (χ3v) is 6.36. The van der Waals surface area contributed by atoms with E-state index in [0.717, 1.165) is 43.2 Å². The summed E-state index contributed by atoms with van der Waals surface area (Å²) < 4.78 is 11.2. The van der Waals surface area contributed by atoms with Crippen molar-refractivity contribution >= 4 is 29.3 Å². The maximum atomic E-state index is 13.0. The molecule has 9 heteroatoms. The first-order valence-corrected chi connectivity index (χ1v) is 12.3. The van der Waals surface area contributed by atoms with Gasteiger partial charge in [-0.25, -0.2) is 9.59 Å². The molecule has 0 radical (unpaired) electrons. The van der Waals surface area contributed by atoms with Crippen molar-refractivity contribution in [2.45, 2.75) is 19.9 Å². The fourth-order valence-electron chi connectivity index (χ4n) is 4.46. The van der Waals surface area contributed by atoms with E-state index in [9.17, 15) is 9.59 Å². The number of hydrogen-bond acceptors (Lipinski definition) is 6. The average molecular weight is 499 g/mol. The fourth-order valence-corrected chi connectivity index (χ4v) is 4.59. The molecule has 2 aromatic carbocycles. The molecule has 35 heavy (non-hydrogen) atoms. The molecule has 1 saturated heterocycles. The van der Waals surface area contributed by atoms with E-state index in [1.807, 2.05) is 37.3 Å². The van der Waals surface area contributed by atoms with E-state index in [0.29, 0.717) is 29.4 Å². The van der Waals surface area contributed by atoms with E-state index < -0.39 is 12.0 Å². The van der Waals surface area contributed by atoms with Gasteiger partial charge >= 0.3 is 12.0 Å². The molecule has 0 saturated carbocycles. The summed E-state index contributed by atoms with van der Waals surface area (Å²) in [6, 6.07) is 14.2. The third-order valence-electron chi connectivity index (χ3n) is 6.11. The zero-order valence-electron chi connectivity index (χ0n) is 20.1. The van der Waals surface area contributed by atoms with Crippen LogP contribution in [0.1, 0.15) is 25.5 Å². The lowest BCUT2D eigenvalue weighted by atomic mass is 9.95. The Morgan fingerprint density at radius 2 is 1.74 bits per heavy atom. The summed E-state index contributed by atoms with van der Waals surface area (Å²) in [5, 5.41) is 6.31. The summed E-state index contributed by atoms with van der Waals surface area (Å²) in [4.78, 5) is 30.1. The molecule has 1 fully saturated rings. The van der Waals surface area contributed by atoms with Crippen LogP contribution in [0.4, 0.5) is 10.5 Å².